The first-order chi connectivity index (χ1) is 6.69. The molecular formula is C11H14N2S. The van der Waals surface area contributed by atoms with E-state index in [1.54, 1.807) is 11.3 Å². The topological polar surface area (TPSA) is 36.7 Å². The number of aryl methyl sites for hydroxylation is 1. The zero-order chi connectivity index (χ0) is 10.2. The van der Waals surface area contributed by atoms with Crippen molar-refractivity contribution in [2.45, 2.75) is 38.5 Å². The Balaban J connectivity index is 2.43. The molecule has 3 heteroatoms. The van der Waals surface area contributed by atoms with Gasteiger partial charge in [0.15, 0.2) is 0 Å². The Labute approximate surface area is 88.6 Å². The first kappa shape index (κ1) is 9.67. The Morgan fingerprint density at radius 1 is 1.71 bits per heavy atom. The Bertz CT molecular complexity index is 377. The molecule has 1 fully saturated rings. The van der Waals surface area contributed by atoms with Crippen molar-refractivity contribution in [1.29, 1.82) is 5.26 Å². The number of hydrogen-bond acceptors (Lipinski definition) is 3. The van der Waals surface area contributed by atoms with E-state index in [-0.39, 0.29) is 5.41 Å². The van der Waals surface area contributed by atoms with Gasteiger partial charge in [-0.3, -0.25) is 0 Å². The van der Waals surface area contributed by atoms with Crippen molar-refractivity contribution in [1.82, 2.24) is 4.98 Å². The van der Waals surface area contributed by atoms with E-state index in [1.807, 2.05) is 12.3 Å². The normalized spacial score (nSPS) is 31.6. The molecule has 2 rings (SSSR count). The molecular weight excluding hydrogens is 192 g/mol. The van der Waals surface area contributed by atoms with Gasteiger partial charge in [0.25, 0.3) is 0 Å². The van der Waals surface area contributed by atoms with Crippen LogP contribution in [0.3, 0.4) is 0 Å². The van der Waals surface area contributed by atoms with E-state index in [4.69, 9.17) is 0 Å². The van der Waals surface area contributed by atoms with Crippen molar-refractivity contribution in [3.05, 3.63) is 16.1 Å². The summed E-state index contributed by atoms with van der Waals surface area (Å²) in [5.41, 5.74) is 0.762. The van der Waals surface area contributed by atoms with Gasteiger partial charge < -0.3 is 0 Å². The lowest BCUT2D eigenvalue weighted by Gasteiger charge is -2.22. The number of nitrogens with zero attached hydrogens (tertiary/aromatic N) is 2. The van der Waals surface area contributed by atoms with Gasteiger partial charge in [-0.25, -0.2) is 4.98 Å². The summed E-state index contributed by atoms with van der Waals surface area (Å²) >= 11 is 1.64. The molecule has 2 nitrogen and oxygen atoms in total. The minimum Gasteiger partial charge on any atom is -0.245 e. The summed E-state index contributed by atoms with van der Waals surface area (Å²) in [5, 5.41) is 12.4. The monoisotopic (exact) mass is 206 g/mol. The van der Waals surface area contributed by atoms with Gasteiger partial charge in [0, 0.05) is 11.1 Å². The second-order valence-electron chi connectivity index (χ2n) is 4.17. The van der Waals surface area contributed by atoms with Crippen LogP contribution in [0.15, 0.2) is 5.38 Å². The molecule has 1 heterocycles. The SMILES string of the molecule is Cc1csc(C2(C#N)CCCC2C)n1. The molecule has 1 aliphatic carbocycles. The maximum absolute atomic E-state index is 9.37. The molecule has 1 aliphatic rings. The molecule has 1 aromatic heterocycles. The van der Waals surface area contributed by atoms with Gasteiger partial charge in [-0.1, -0.05) is 13.3 Å². The Kier molecular flexibility index (Phi) is 2.32. The van der Waals surface area contributed by atoms with Crippen molar-refractivity contribution >= 4 is 11.3 Å². The quantitative estimate of drug-likeness (QED) is 0.708. The fourth-order valence-electron chi connectivity index (χ4n) is 2.27. The molecule has 14 heavy (non-hydrogen) atoms. The second kappa shape index (κ2) is 3.36. The number of thiazole rings is 1. The van der Waals surface area contributed by atoms with Crippen molar-refractivity contribution in [2.24, 2.45) is 5.92 Å². The summed E-state index contributed by atoms with van der Waals surface area (Å²) in [4.78, 5) is 4.48. The summed E-state index contributed by atoms with van der Waals surface area (Å²) in [7, 11) is 0. The standard InChI is InChI=1S/C11H14N2S/c1-8-4-3-5-11(8,7-12)10-13-9(2)6-14-10/h6,8H,3-5H2,1-2H3. The molecule has 74 valence electrons. The Morgan fingerprint density at radius 3 is 2.93 bits per heavy atom. The van der Waals surface area contributed by atoms with Crippen LogP contribution in [0.1, 0.15) is 36.9 Å². The molecule has 2 unspecified atom stereocenters. The number of rotatable bonds is 1. The van der Waals surface area contributed by atoms with E-state index < -0.39 is 0 Å². The smallest absolute Gasteiger partial charge is 0.113 e. The van der Waals surface area contributed by atoms with E-state index in [1.165, 1.54) is 0 Å². The fourth-order valence-corrected chi connectivity index (χ4v) is 3.36. The van der Waals surface area contributed by atoms with Crippen molar-refractivity contribution < 1.29 is 0 Å². The third-order valence-electron chi connectivity index (χ3n) is 3.25. The van der Waals surface area contributed by atoms with Gasteiger partial charge in [-0.2, -0.15) is 5.26 Å². The molecule has 0 saturated heterocycles. The van der Waals surface area contributed by atoms with Crippen molar-refractivity contribution in [3.8, 4) is 6.07 Å². The van der Waals surface area contributed by atoms with Crippen LogP contribution < -0.4 is 0 Å². The van der Waals surface area contributed by atoms with Crippen molar-refractivity contribution in [3.63, 3.8) is 0 Å². The summed E-state index contributed by atoms with van der Waals surface area (Å²) < 4.78 is 0. The van der Waals surface area contributed by atoms with Gasteiger partial charge in [0.05, 0.1) is 6.07 Å². The third-order valence-corrected chi connectivity index (χ3v) is 4.39. The van der Waals surface area contributed by atoms with Crippen LogP contribution >= 0.6 is 11.3 Å². The predicted molar refractivity (Wildman–Crippen MR) is 57.2 cm³/mol. The van der Waals surface area contributed by atoms with Crippen LogP contribution in [0.25, 0.3) is 0 Å². The Hall–Kier alpha value is -0.880. The largest absolute Gasteiger partial charge is 0.245 e. The lowest BCUT2D eigenvalue weighted by Crippen LogP contribution is -2.26. The summed E-state index contributed by atoms with van der Waals surface area (Å²) in [6.07, 6.45) is 3.30. The van der Waals surface area contributed by atoms with Gasteiger partial charge in [-0.05, 0) is 25.7 Å². The third kappa shape index (κ3) is 1.26. The van der Waals surface area contributed by atoms with Gasteiger partial charge in [0.2, 0.25) is 0 Å². The fraction of sp³-hybridized carbons (Fsp3) is 0.636. The highest BCUT2D eigenvalue weighted by atomic mass is 32.1. The highest BCUT2D eigenvalue weighted by molar-refractivity contribution is 7.09. The second-order valence-corrected chi connectivity index (χ2v) is 5.03. The highest BCUT2D eigenvalue weighted by Crippen LogP contribution is 2.45. The predicted octanol–water partition coefficient (Wildman–Crippen LogP) is 3.03. The minimum atomic E-state index is -0.279. The highest BCUT2D eigenvalue weighted by Gasteiger charge is 2.44. The van der Waals surface area contributed by atoms with E-state index in [2.05, 4.69) is 18.0 Å². The number of aromatic nitrogens is 1. The van der Waals surface area contributed by atoms with Crippen LogP contribution in [-0.4, -0.2) is 4.98 Å². The summed E-state index contributed by atoms with van der Waals surface area (Å²) in [6.45, 7) is 4.16. The average molecular weight is 206 g/mol. The van der Waals surface area contributed by atoms with E-state index in [9.17, 15) is 5.26 Å². The molecule has 1 saturated carbocycles. The molecule has 0 aliphatic heterocycles. The van der Waals surface area contributed by atoms with Crippen LogP contribution in [0.2, 0.25) is 0 Å². The number of hydrogen-bond donors (Lipinski definition) is 0. The average Bonchev–Trinajstić information content (AvgIpc) is 2.73. The molecule has 0 aromatic carbocycles. The van der Waals surface area contributed by atoms with Crippen LogP contribution in [0, 0.1) is 24.2 Å². The molecule has 1 aromatic rings. The lowest BCUT2D eigenvalue weighted by molar-refractivity contribution is 0.429. The summed E-state index contributed by atoms with van der Waals surface area (Å²) in [6, 6.07) is 2.50. The minimum absolute atomic E-state index is 0.279. The van der Waals surface area contributed by atoms with Gasteiger partial charge in [-0.15, -0.1) is 11.3 Å². The molecule has 0 radical (unpaired) electrons. The van der Waals surface area contributed by atoms with E-state index in [0.29, 0.717) is 5.92 Å². The molecule has 0 bridgehead atoms. The number of nitriles is 1. The van der Waals surface area contributed by atoms with Crippen LogP contribution in [0.5, 0.6) is 0 Å². The van der Waals surface area contributed by atoms with E-state index in [0.717, 1.165) is 30.0 Å². The van der Waals surface area contributed by atoms with Gasteiger partial charge in [0.1, 0.15) is 10.4 Å². The van der Waals surface area contributed by atoms with Crippen LogP contribution in [0.4, 0.5) is 0 Å². The molecule has 0 amide bonds. The molecule has 2 atom stereocenters. The Morgan fingerprint density at radius 2 is 2.50 bits per heavy atom. The summed E-state index contributed by atoms with van der Waals surface area (Å²) in [5.74, 6) is 0.457. The zero-order valence-corrected chi connectivity index (χ0v) is 9.40. The lowest BCUT2D eigenvalue weighted by atomic mass is 9.81. The van der Waals surface area contributed by atoms with Crippen LogP contribution in [-0.2, 0) is 5.41 Å². The zero-order valence-electron chi connectivity index (χ0n) is 8.58. The van der Waals surface area contributed by atoms with Crippen molar-refractivity contribution in [2.75, 3.05) is 0 Å². The first-order valence-electron chi connectivity index (χ1n) is 5.03. The first-order valence-corrected chi connectivity index (χ1v) is 5.91. The maximum Gasteiger partial charge on any atom is 0.113 e. The van der Waals surface area contributed by atoms with Gasteiger partial charge >= 0.3 is 0 Å². The maximum atomic E-state index is 9.37. The molecule has 0 spiro atoms. The van der Waals surface area contributed by atoms with E-state index >= 15 is 0 Å². The molecule has 0 N–H and O–H groups in total.